The lowest BCUT2D eigenvalue weighted by atomic mass is 10.1. The number of benzene rings is 3. The third kappa shape index (κ3) is 6.90. The molecule has 3 aromatic carbocycles. The van der Waals surface area contributed by atoms with Gasteiger partial charge in [-0.3, -0.25) is 25.1 Å². The molecule has 0 fully saturated rings. The van der Waals surface area contributed by atoms with Gasteiger partial charge in [0.2, 0.25) is 0 Å². The number of carbonyl (C=O) groups is 3. The average Bonchev–Trinajstić information content (AvgIpc) is 2.84. The van der Waals surface area contributed by atoms with Gasteiger partial charge in [-0.2, -0.15) is 0 Å². The van der Waals surface area contributed by atoms with E-state index in [-0.39, 0.29) is 16.9 Å². The number of hydrogen-bond acceptors (Lipinski definition) is 5. The Balaban J connectivity index is 1.76. The minimum Gasteiger partial charge on any atom is -0.317 e. The summed E-state index contributed by atoms with van der Waals surface area (Å²) in [6.07, 6.45) is 1.25. The summed E-state index contributed by atoms with van der Waals surface area (Å²) in [6.45, 7) is 0. The number of nitrogens with one attached hydrogen (secondary N) is 4. The summed E-state index contributed by atoms with van der Waals surface area (Å²) in [6, 6.07) is 19.2. The van der Waals surface area contributed by atoms with Gasteiger partial charge in [0.05, 0.1) is 4.92 Å². The number of amides is 4. The van der Waals surface area contributed by atoms with Gasteiger partial charge in [-0.25, -0.2) is 10.2 Å². The van der Waals surface area contributed by atoms with E-state index in [1.165, 1.54) is 30.3 Å². The first-order valence-electron chi connectivity index (χ1n) is 9.77. The number of nitrogens with zero attached hydrogens (tertiary/aromatic N) is 1. The highest BCUT2D eigenvalue weighted by molar-refractivity contribution is 6.30. The van der Waals surface area contributed by atoms with Gasteiger partial charge in [-0.15, -0.1) is 0 Å². The number of urea groups is 1. The maximum Gasteiger partial charge on any atom is 0.337 e. The molecule has 4 N–H and O–H groups in total. The number of rotatable bonds is 6. The number of carbonyl (C=O) groups excluding carboxylic acids is 3. The molecule has 0 aliphatic carbocycles. The Labute approximate surface area is 198 Å². The van der Waals surface area contributed by atoms with Crippen molar-refractivity contribution in [3.05, 3.63) is 111 Å². The van der Waals surface area contributed by atoms with Crippen LogP contribution in [-0.4, -0.2) is 22.8 Å². The topological polar surface area (TPSA) is 142 Å². The van der Waals surface area contributed by atoms with Crippen LogP contribution in [0, 0.1) is 10.1 Å². The van der Waals surface area contributed by atoms with Gasteiger partial charge in [0, 0.05) is 28.4 Å². The highest BCUT2D eigenvalue weighted by Gasteiger charge is 2.16. The molecule has 0 saturated carbocycles. The second-order valence-electron chi connectivity index (χ2n) is 6.77. The minimum absolute atomic E-state index is 0.191. The van der Waals surface area contributed by atoms with Gasteiger partial charge in [-0.05, 0) is 48.0 Å². The molecule has 3 aromatic rings. The first kappa shape index (κ1) is 24.0. The van der Waals surface area contributed by atoms with Crippen LogP contribution in [0.15, 0.2) is 84.6 Å². The van der Waals surface area contributed by atoms with Crippen LogP contribution in [0.2, 0.25) is 5.02 Å². The van der Waals surface area contributed by atoms with Crippen LogP contribution in [-0.2, 0) is 4.79 Å². The van der Waals surface area contributed by atoms with E-state index in [1.54, 1.807) is 54.6 Å². The van der Waals surface area contributed by atoms with Crippen LogP contribution in [0.1, 0.15) is 15.9 Å². The number of hydrazine groups is 1. The minimum atomic E-state index is -0.859. The molecule has 3 rings (SSSR count). The molecule has 34 heavy (non-hydrogen) atoms. The smallest absolute Gasteiger partial charge is 0.317 e. The second-order valence-corrected chi connectivity index (χ2v) is 7.21. The first-order valence-corrected chi connectivity index (χ1v) is 10.1. The number of nitro groups is 1. The van der Waals surface area contributed by atoms with E-state index in [0.717, 1.165) is 0 Å². The summed E-state index contributed by atoms with van der Waals surface area (Å²) in [5, 5.41) is 16.5. The van der Waals surface area contributed by atoms with Gasteiger partial charge in [0.1, 0.15) is 5.70 Å². The zero-order valence-electron chi connectivity index (χ0n) is 17.4. The Morgan fingerprint density at radius 1 is 0.882 bits per heavy atom. The maximum absolute atomic E-state index is 12.7. The fraction of sp³-hybridized carbons (Fsp3) is 0. The third-order valence-electron chi connectivity index (χ3n) is 4.31. The molecule has 0 aromatic heterocycles. The third-order valence-corrected chi connectivity index (χ3v) is 4.56. The summed E-state index contributed by atoms with van der Waals surface area (Å²) in [7, 11) is 0. The molecule has 0 spiro atoms. The van der Waals surface area contributed by atoms with Crippen molar-refractivity contribution in [2.45, 2.75) is 0 Å². The summed E-state index contributed by atoms with van der Waals surface area (Å²) in [5.41, 5.74) is 4.92. The van der Waals surface area contributed by atoms with Crippen molar-refractivity contribution in [1.29, 1.82) is 0 Å². The van der Waals surface area contributed by atoms with Crippen LogP contribution in [0.25, 0.3) is 6.08 Å². The van der Waals surface area contributed by atoms with Gasteiger partial charge >= 0.3 is 6.03 Å². The molecule has 0 atom stereocenters. The van der Waals surface area contributed by atoms with Crippen molar-refractivity contribution in [2.24, 2.45) is 0 Å². The molecular formula is C23H18ClN5O5. The highest BCUT2D eigenvalue weighted by Crippen LogP contribution is 2.16. The number of halogens is 1. The Morgan fingerprint density at radius 3 is 2.26 bits per heavy atom. The summed E-state index contributed by atoms with van der Waals surface area (Å²) in [5.74, 6) is -1.44. The van der Waals surface area contributed by atoms with Crippen LogP contribution >= 0.6 is 11.6 Å². The molecule has 0 radical (unpaired) electrons. The number of nitro benzene ring substituents is 1. The van der Waals surface area contributed by atoms with Crippen LogP contribution in [0.3, 0.4) is 0 Å². The van der Waals surface area contributed by atoms with Gasteiger partial charge in [-0.1, -0.05) is 41.9 Å². The largest absolute Gasteiger partial charge is 0.337 e. The predicted octanol–water partition coefficient (Wildman–Crippen LogP) is 3.87. The maximum atomic E-state index is 12.7. The molecule has 0 unspecified atom stereocenters. The second kappa shape index (κ2) is 11.2. The van der Waals surface area contributed by atoms with Crippen LogP contribution in [0.5, 0.6) is 0 Å². The molecule has 0 heterocycles. The Bertz CT molecular complexity index is 1250. The van der Waals surface area contributed by atoms with E-state index in [2.05, 4.69) is 21.5 Å². The van der Waals surface area contributed by atoms with E-state index < -0.39 is 22.8 Å². The Kier molecular flexibility index (Phi) is 7.93. The van der Waals surface area contributed by atoms with E-state index >= 15 is 0 Å². The Morgan fingerprint density at radius 2 is 1.59 bits per heavy atom. The van der Waals surface area contributed by atoms with Crippen molar-refractivity contribution in [2.75, 3.05) is 5.32 Å². The quantitative estimate of drug-likeness (QED) is 0.241. The molecule has 10 nitrogen and oxygen atoms in total. The normalized spacial score (nSPS) is 10.7. The van der Waals surface area contributed by atoms with Gasteiger partial charge < -0.3 is 10.6 Å². The SMILES string of the molecule is O=C(NNC(=O)/C(=C/c1cccc([N+](=O)[O-])c1)NC(=O)c1ccccc1)Nc1ccc(Cl)cc1. The van der Waals surface area contributed by atoms with Crippen LogP contribution in [0.4, 0.5) is 16.2 Å². The lowest BCUT2D eigenvalue weighted by molar-refractivity contribution is -0.384. The van der Waals surface area contributed by atoms with Crippen molar-refractivity contribution >= 4 is 46.9 Å². The van der Waals surface area contributed by atoms with E-state index in [0.29, 0.717) is 16.3 Å². The van der Waals surface area contributed by atoms with Crippen molar-refractivity contribution in [1.82, 2.24) is 16.2 Å². The molecular weight excluding hydrogens is 462 g/mol. The van der Waals surface area contributed by atoms with Gasteiger partial charge in [0.25, 0.3) is 17.5 Å². The van der Waals surface area contributed by atoms with E-state index in [1.807, 2.05) is 0 Å². The summed E-state index contributed by atoms with van der Waals surface area (Å²) >= 11 is 5.80. The standard InChI is InChI=1S/C23H18ClN5O5/c24-17-9-11-18(12-10-17)25-23(32)28-27-22(31)20(26-21(30)16-6-2-1-3-7-16)14-15-5-4-8-19(13-15)29(33)34/h1-14H,(H,26,30)(H,27,31)(H2,25,28,32)/b20-14-. The van der Waals surface area contributed by atoms with E-state index in [4.69, 9.17) is 11.6 Å². The zero-order chi connectivity index (χ0) is 24.5. The predicted molar refractivity (Wildman–Crippen MR) is 127 cm³/mol. The van der Waals surface area contributed by atoms with E-state index in [9.17, 15) is 24.5 Å². The monoisotopic (exact) mass is 479 g/mol. The molecule has 0 aliphatic rings. The molecule has 0 bridgehead atoms. The van der Waals surface area contributed by atoms with Crippen LogP contribution < -0.4 is 21.5 Å². The number of hydrogen-bond donors (Lipinski definition) is 4. The number of non-ortho nitro benzene ring substituents is 1. The molecule has 172 valence electrons. The zero-order valence-corrected chi connectivity index (χ0v) is 18.2. The van der Waals surface area contributed by atoms with Crippen molar-refractivity contribution in [3.63, 3.8) is 0 Å². The first-order chi connectivity index (χ1) is 16.3. The lowest BCUT2D eigenvalue weighted by Gasteiger charge is -2.13. The fourth-order valence-electron chi connectivity index (χ4n) is 2.71. The average molecular weight is 480 g/mol. The lowest BCUT2D eigenvalue weighted by Crippen LogP contribution is -2.46. The molecule has 0 saturated heterocycles. The summed E-state index contributed by atoms with van der Waals surface area (Å²) in [4.78, 5) is 47.9. The van der Waals surface area contributed by atoms with Crippen molar-refractivity contribution < 1.29 is 19.3 Å². The molecule has 4 amide bonds. The summed E-state index contributed by atoms with van der Waals surface area (Å²) < 4.78 is 0. The number of anilines is 1. The highest BCUT2D eigenvalue weighted by atomic mass is 35.5. The molecule has 0 aliphatic heterocycles. The molecule has 11 heteroatoms. The van der Waals surface area contributed by atoms with Gasteiger partial charge in [0.15, 0.2) is 0 Å². The fourth-order valence-corrected chi connectivity index (χ4v) is 2.84. The van der Waals surface area contributed by atoms with Crippen molar-refractivity contribution in [3.8, 4) is 0 Å². The Hall–Kier alpha value is -4.70.